The Bertz CT molecular complexity index is 512. The molecule has 0 saturated heterocycles. The van der Waals surface area contributed by atoms with Crippen molar-refractivity contribution in [3.8, 4) is 5.19 Å². The number of primary amides is 1. The summed E-state index contributed by atoms with van der Waals surface area (Å²) in [5, 5.41) is 1.07. The molecule has 0 aliphatic rings. The second-order valence-corrected chi connectivity index (χ2v) is 4.28. The van der Waals surface area contributed by atoms with E-state index in [-0.39, 0.29) is 6.61 Å². The Morgan fingerprint density at radius 1 is 1.60 bits per heavy atom. The Labute approximate surface area is 94.6 Å². The van der Waals surface area contributed by atoms with Crippen molar-refractivity contribution in [2.24, 2.45) is 5.73 Å². The fraction of sp³-hybridized carbons (Fsp3) is 0.111. The molecule has 4 nitrogen and oxygen atoms in total. The Kier molecular flexibility index (Phi) is 2.75. The van der Waals surface area contributed by atoms with Gasteiger partial charge in [-0.15, -0.1) is 0 Å². The highest BCUT2D eigenvalue weighted by Crippen LogP contribution is 2.29. The van der Waals surface area contributed by atoms with Gasteiger partial charge in [0.05, 0.1) is 10.2 Å². The molecular formula is C9H7ClN2O2S. The van der Waals surface area contributed by atoms with Crippen molar-refractivity contribution >= 4 is 39.1 Å². The lowest BCUT2D eigenvalue weighted by Gasteiger charge is -1.95. The molecule has 1 aromatic carbocycles. The quantitative estimate of drug-likeness (QED) is 0.893. The number of ether oxygens (including phenoxy) is 1. The number of nitrogens with zero attached hydrogens (tertiary/aromatic N) is 1. The van der Waals surface area contributed by atoms with E-state index < -0.39 is 5.91 Å². The number of benzene rings is 1. The molecule has 0 aliphatic carbocycles. The molecule has 0 unspecified atom stereocenters. The third-order valence-corrected chi connectivity index (χ3v) is 2.83. The molecule has 6 heteroatoms. The first-order chi connectivity index (χ1) is 7.15. The number of thiazole rings is 1. The maximum Gasteiger partial charge on any atom is 0.274 e. The maximum absolute atomic E-state index is 10.5. The van der Waals surface area contributed by atoms with Gasteiger partial charge >= 0.3 is 0 Å². The van der Waals surface area contributed by atoms with Crippen molar-refractivity contribution in [3.05, 3.63) is 23.2 Å². The van der Waals surface area contributed by atoms with Crippen molar-refractivity contribution in [2.45, 2.75) is 0 Å². The first kappa shape index (κ1) is 10.2. The molecule has 0 atom stereocenters. The summed E-state index contributed by atoms with van der Waals surface area (Å²) in [6.07, 6.45) is 0. The van der Waals surface area contributed by atoms with Crippen LogP contribution in [0.1, 0.15) is 0 Å². The third kappa shape index (κ3) is 2.37. The molecule has 1 heterocycles. The zero-order valence-electron chi connectivity index (χ0n) is 7.57. The van der Waals surface area contributed by atoms with Crippen LogP contribution in [0.3, 0.4) is 0 Å². The standard InChI is InChI=1S/C9H7ClN2O2S/c10-5-1-2-6-7(3-5)15-9(12-6)14-4-8(11)13/h1-3H,4H2,(H2,11,13). The first-order valence-electron chi connectivity index (χ1n) is 4.12. The summed E-state index contributed by atoms with van der Waals surface area (Å²) in [5.41, 5.74) is 5.75. The van der Waals surface area contributed by atoms with Crippen LogP contribution in [0.5, 0.6) is 5.19 Å². The average Bonchev–Trinajstić information content (AvgIpc) is 2.56. The Hall–Kier alpha value is -1.33. The summed E-state index contributed by atoms with van der Waals surface area (Å²) in [5.74, 6) is -0.521. The number of fused-ring (bicyclic) bond motifs is 1. The van der Waals surface area contributed by atoms with Crippen LogP contribution in [-0.2, 0) is 4.79 Å². The number of hydrogen-bond donors (Lipinski definition) is 1. The van der Waals surface area contributed by atoms with E-state index in [2.05, 4.69) is 4.98 Å². The van der Waals surface area contributed by atoms with E-state index in [1.807, 2.05) is 0 Å². The number of carbonyl (C=O) groups is 1. The summed E-state index contributed by atoms with van der Waals surface area (Å²) in [6, 6.07) is 5.35. The largest absolute Gasteiger partial charge is 0.460 e. The van der Waals surface area contributed by atoms with Crippen molar-refractivity contribution in [1.82, 2.24) is 4.98 Å². The Balaban J connectivity index is 2.27. The fourth-order valence-corrected chi connectivity index (χ4v) is 2.16. The number of aromatic nitrogens is 1. The minimum absolute atomic E-state index is 0.159. The second kappa shape index (κ2) is 4.04. The molecule has 2 N–H and O–H groups in total. The Morgan fingerprint density at radius 2 is 2.40 bits per heavy atom. The van der Waals surface area contributed by atoms with Crippen molar-refractivity contribution in [1.29, 1.82) is 0 Å². The summed E-state index contributed by atoms with van der Waals surface area (Å²) >= 11 is 7.15. The van der Waals surface area contributed by atoms with E-state index in [1.54, 1.807) is 18.2 Å². The molecule has 0 saturated carbocycles. The molecule has 1 amide bonds. The van der Waals surface area contributed by atoms with Gasteiger partial charge in [-0.3, -0.25) is 4.79 Å². The van der Waals surface area contributed by atoms with Gasteiger partial charge in [-0.2, -0.15) is 0 Å². The number of rotatable bonds is 3. The van der Waals surface area contributed by atoms with Crippen molar-refractivity contribution in [3.63, 3.8) is 0 Å². The lowest BCUT2D eigenvalue weighted by Crippen LogP contribution is -2.19. The topological polar surface area (TPSA) is 65.2 Å². The highest BCUT2D eigenvalue weighted by molar-refractivity contribution is 7.20. The molecule has 78 valence electrons. The van der Waals surface area contributed by atoms with Gasteiger partial charge < -0.3 is 10.5 Å². The molecule has 2 aromatic rings. The van der Waals surface area contributed by atoms with Crippen LogP contribution in [0.15, 0.2) is 18.2 Å². The molecular weight excluding hydrogens is 236 g/mol. The van der Waals surface area contributed by atoms with Gasteiger partial charge in [0.1, 0.15) is 0 Å². The van der Waals surface area contributed by atoms with Crippen LogP contribution in [0.25, 0.3) is 10.2 Å². The average molecular weight is 243 g/mol. The highest BCUT2D eigenvalue weighted by atomic mass is 35.5. The lowest BCUT2D eigenvalue weighted by molar-refractivity contribution is -0.119. The summed E-state index contributed by atoms with van der Waals surface area (Å²) < 4.78 is 6.00. The van der Waals surface area contributed by atoms with Crippen molar-refractivity contribution in [2.75, 3.05) is 6.61 Å². The number of hydrogen-bond acceptors (Lipinski definition) is 4. The number of nitrogens with two attached hydrogens (primary N) is 1. The van der Waals surface area contributed by atoms with Crippen LogP contribution < -0.4 is 10.5 Å². The zero-order valence-corrected chi connectivity index (χ0v) is 9.14. The van der Waals surface area contributed by atoms with Gasteiger partial charge in [0, 0.05) is 5.02 Å². The molecule has 0 bridgehead atoms. The first-order valence-corrected chi connectivity index (χ1v) is 5.32. The van der Waals surface area contributed by atoms with Crippen LogP contribution in [0.2, 0.25) is 5.02 Å². The maximum atomic E-state index is 10.5. The van der Waals surface area contributed by atoms with Gasteiger partial charge in [-0.05, 0) is 18.2 Å². The molecule has 2 rings (SSSR count). The number of carbonyl (C=O) groups excluding carboxylic acids is 1. The van der Waals surface area contributed by atoms with E-state index in [0.29, 0.717) is 10.2 Å². The molecule has 1 aromatic heterocycles. The van der Waals surface area contributed by atoms with Crippen LogP contribution in [-0.4, -0.2) is 17.5 Å². The van der Waals surface area contributed by atoms with Gasteiger partial charge in [-0.25, -0.2) is 4.98 Å². The molecule has 0 radical (unpaired) electrons. The van der Waals surface area contributed by atoms with Crippen molar-refractivity contribution < 1.29 is 9.53 Å². The molecule has 0 spiro atoms. The van der Waals surface area contributed by atoms with Gasteiger partial charge in [0.15, 0.2) is 6.61 Å². The van der Waals surface area contributed by atoms with E-state index >= 15 is 0 Å². The van der Waals surface area contributed by atoms with Crippen LogP contribution in [0.4, 0.5) is 0 Å². The zero-order chi connectivity index (χ0) is 10.8. The van der Waals surface area contributed by atoms with Crippen LogP contribution >= 0.6 is 22.9 Å². The minimum Gasteiger partial charge on any atom is -0.460 e. The SMILES string of the molecule is NC(=O)COc1nc2ccc(Cl)cc2s1. The molecule has 0 aliphatic heterocycles. The Morgan fingerprint density at radius 3 is 3.13 bits per heavy atom. The summed E-state index contributed by atoms with van der Waals surface area (Å²) in [6.45, 7) is -0.159. The second-order valence-electron chi connectivity index (χ2n) is 2.85. The van der Waals surface area contributed by atoms with E-state index in [9.17, 15) is 4.79 Å². The monoisotopic (exact) mass is 242 g/mol. The normalized spacial score (nSPS) is 10.5. The summed E-state index contributed by atoms with van der Waals surface area (Å²) in [4.78, 5) is 14.7. The molecule has 0 fully saturated rings. The number of amides is 1. The predicted molar refractivity (Wildman–Crippen MR) is 59.3 cm³/mol. The van der Waals surface area contributed by atoms with Gasteiger partial charge in [0.25, 0.3) is 11.1 Å². The highest BCUT2D eigenvalue weighted by Gasteiger charge is 2.06. The predicted octanol–water partition coefficient (Wildman–Crippen LogP) is 1.81. The fourth-order valence-electron chi connectivity index (χ4n) is 1.07. The summed E-state index contributed by atoms with van der Waals surface area (Å²) in [7, 11) is 0. The lowest BCUT2D eigenvalue weighted by atomic mass is 10.3. The van der Waals surface area contributed by atoms with E-state index in [1.165, 1.54) is 11.3 Å². The minimum atomic E-state index is -0.521. The van der Waals surface area contributed by atoms with Gasteiger partial charge in [0.2, 0.25) is 0 Å². The van der Waals surface area contributed by atoms with Crippen LogP contribution in [0, 0.1) is 0 Å². The van der Waals surface area contributed by atoms with E-state index in [0.717, 1.165) is 10.2 Å². The third-order valence-electron chi connectivity index (χ3n) is 1.67. The number of halogens is 1. The van der Waals surface area contributed by atoms with Gasteiger partial charge in [-0.1, -0.05) is 22.9 Å². The van der Waals surface area contributed by atoms with E-state index in [4.69, 9.17) is 22.1 Å². The molecule has 15 heavy (non-hydrogen) atoms. The smallest absolute Gasteiger partial charge is 0.274 e.